The molecule has 0 saturated carbocycles. The van der Waals surface area contributed by atoms with Gasteiger partial charge in [-0.1, -0.05) is 25.8 Å². The zero-order valence-electron chi connectivity index (χ0n) is 11.3. The van der Waals surface area contributed by atoms with Gasteiger partial charge >= 0.3 is 0 Å². The van der Waals surface area contributed by atoms with E-state index < -0.39 is 0 Å². The Bertz CT molecular complexity index is 211. The van der Waals surface area contributed by atoms with E-state index in [1.54, 1.807) is 0 Å². The zero-order valence-corrected chi connectivity index (χ0v) is 11.3. The molecule has 1 fully saturated rings. The second kappa shape index (κ2) is 7.08. The first kappa shape index (κ1) is 13.7. The summed E-state index contributed by atoms with van der Waals surface area (Å²) < 4.78 is 0. The molecule has 16 heavy (non-hydrogen) atoms. The number of hydrogen-bond acceptors (Lipinski definition) is 2. The second-order valence-electron chi connectivity index (χ2n) is 5.46. The molecular weight excluding hydrogens is 196 g/mol. The Morgan fingerprint density at radius 3 is 2.81 bits per heavy atom. The third kappa shape index (κ3) is 5.13. The molecule has 0 aliphatic carbocycles. The van der Waals surface area contributed by atoms with E-state index in [-0.39, 0.29) is 0 Å². The molecule has 1 rings (SSSR count). The molecule has 94 valence electrons. The lowest BCUT2D eigenvalue weighted by Crippen LogP contribution is -2.47. The van der Waals surface area contributed by atoms with Gasteiger partial charge in [-0.3, -0.25) is 4.90 Å². The molecule has 0 radical (unpaired) electrons. The van der Waals surface area contributed by atoms with Crippen LogP contribution in [0.25, 0.3) is 0 Å². The van der Waals surface area contributed by atoms with Gasteiger partial charge < -0.3 is 5.32 Å². The Labute approximate surface area is 101 Å². The summed E-state index contributed by atoms with van der Waals surface area (Å²) >= 11 is 0. The fourth-order valence-electron chi connectivity index (χ4n) is 2.29. The minimum absolute atomic E-state index is 0.602. The highest BCUT2D eigenvalue weighted by Gasteiger charge is 2.21. The minimum atomic E-state index is 0.602. The van der Waals surface area contributed by atoms with E-state index in [0.717, 1.165) is 19.0 Å². The number of piperidine rings is 1. The molecule has 0 aromatic rings. The molecule has 1 atom stereocenters. The monoisotopic (exact) mass is 224 g/mol. The predicted octanol–water partition coefficient (Wildman–Crippen LogP) is 2.81. The highest BCUT2D eigenvalue weighted by Crippen LogP contribution is 2.17. The van der Waals surface area contributed by atoms with Crippen molar-refractivity contribution < 1.29 is 0 Å². The van der Waals surface area contributed by atoms with Crippen LogP contribution in [-0.2, 0) is 0 Å². The summed E-state index contributed by atoms with van der Waals surface area (Å²) in [4.78, 5) is 2.65. The van der Waals surface area contributed by atoms with E-state index in [1.807, 2.05) is 0 Å². The number of nitrogens with one attached hydrogen (secondary N) is 1. The van der Waals surface area contributed by atoms with Gasteiger partial charge in [0.15, 0.2) is 0 Å². The first-order valence-electron chi connectivity index (χ1n) is 6.71. The van der Waals surface area contributed by atoms with Gasteiger partial charge in [0.05, 0.1) is 0 Å². The van der Waals surface area contributed by atoms with Crippen LogP contribution in [0.15, 0.2) is 12.2 Å². The molecule has 0 aromatic carbocycles. The summed E-state index contributed by atoms with van der Waals surface area (Å²) in [5.41, 5.74) is 1.31. The number of nitrogens with zero attached hydrogens (tertiary/aromatic N) is 1. The summed E-state index contributed by atoms with van der Waals surface area (Å²) in [6, 6.07) is 1.35. The molecule has 2 nitrogen and oxygen atoms in total. The Morgan fingerprint density at radius 1 is 1.44 bits per heavy atom. The molecule has 1 heterocycles. The molecule has 0 amide bonds. The standard InChI is InChI=1S/C14H28N2/c1-12(2)8-10-16-9-6-5-7-14(16)11-15-13(3)4/h13-15H,1,5-11H2,2-4H3. The van der Waals surface area contributed by atoms with Crippen LogP contribution in [0.2, 0.25) is 0 Å². The first-order chi connectivity index (χ1) is 7.59. The van der Waals surface area contributed by atoms with Crippen molar-refractivity contribution in [2.24, 2.45) is 0 Å². The van der Waals surface area contributed by atoms with Crippen LogP contribution in [-0.4, -0.2) is 36.6 Å². The summed E-state index contributed by atoms with van der Waals surface area (Å²) in [7, 11) is 0. The van der Waals surface area contributed by atoms with E-state index in [0.29, 0.717) is 6.04 Å². The third-order valence-corrected chi connectivity index (χ3v) is 3.34. The molecule has 1 N–H and O–H groups in total. The predicted molar refractivity (Wildman–Crippen MR) is 71.8 cm³/mol. The van der Waals surface area contributed by atoms with Crippen molar-refractivity contribution >= 4 is 0 Å². The SMILES string of the molecule is C=C(C)CCN1CCCCC1CNC(C)C. The third-order valence-electron chi connectivity index (χ3n) is 3.34. The average Bonchev–Trinajstić information content (AvgIpc) is 2.24. The van der Waals surface area contributed by atoms with Gasteiger partial charge in [-0.15, -0.1) is 6.58 Å². The Kier molecular flexibility index (Phi) is 6.07. The number of rotatable bonds is 6. The van der Waals surface area contributed by atoms with Gasteiger partial charge in [-0.2, -0.15) is 0 Å². The molecule has 0 aromatic heterocycles. The van der Waals surface area contributed by atoms with Crippen molar-refractivity contribution in [3.63, 3.8) is 0 Å². The van der Waals surface area contributed by atoms with Crippen LogP contribution in [0.5, 0.6) is 0 Å². The van der Waals surface area contributed by atoms with Gasteiger partial charge in [0.2, 0.25) is 0 Å². The fourth-order valence-corrected chi connectivity index (χ4v) is 2.29. The van der Waals surface area contributed by atoms with Crippen LogP contribution in [0.4, 0.5) is 0 Å². The minimum Gasteiger partial charge on any atom is -0.313 e. The molecule has 1 unspecified atom stereocenters. The van der Waals surface area contributed by atoms with Gasteiger partial charge in [0.25, 0.3) is 0 Å². The van der Waals surface area contributed by atoms with E-state index in [9.17, 15) is 0 Å². The molecule has 2 heteroatoms. The van der Waals surface area contributed by atoms with Crippen molar-refractivity contribution in [3.05, 3.63) is 12.2 Å². The van der Waals surface area contributed by atoms with Crippen molar-refractivity contribution in [3.8, 4) is 0 Å². The van der Waals surface area contributed by atoms with E-state index in [4.69, 9.17) is 0 Å². The smallest absolute Gasteiger partial charge is 0.0220 e. The van der Waals surface area contributed by atoms with Gasteiger partial charge in [0.1, 0.15) is 0 Å². The number of hydrogen-bond donors (Lipinski definition) is 1. The largest absolute Gasteiger partial charge is 0.313 e. The summed E-state index contributed by atoms with van der Waals surface area (Å²) in [6.07, 6.45) is 5.27. The lowest BCUT2D eigenvalue weighted by molar-refractivity contribution is 0.145. The van der Waals surface area contributed by atoms with E-state index in [2.05, 4.69) is 37.6 Å². The maximum Gasteiger partial charge on any atom is 0.0220 e. The fraction of sp³-hybridized carbons (Fsp3) is 0.857. The summed E-state index contributed by atoms with van der Waals surface area (Å²) in [5.74, 6) is 0. The summed E-state index contributed by atoms with van der Waals surface area (Å²) in [6.45, 7) is 14.2. The second-order valence-corrected chi connectivity index (χ2v) is 5.46. The van der Waals surface area contributed by atoms with Gasteiger partial charge in [-0.05, 0) is 32.7 Å². The van der Waals surface area contributed by atoms with E-state index >= 15 is 0 Å². The molecule has 0 bridgehead atoms. The van der Waals surface area contributed by atoms with Crippen LogP contribution in [0.3, 0.4) is 0 Å². The van der Waals surface area contributed by atoms with Crippen LogP contribution >= 0.6 is 0 Å². The normalized spacial score (nSPS) is 22.6. The Morgan fingerprint density at radius 2 is 2.19 bits per heavy atom. The van der Waals surface area contributed by atoms with E-state index in [1.165, 1.54) is 37.9 Å². The van der Waals surface area contributed by atoms with Gasteiger partial charge in [0, 0.05) is 25.2 Å². The molecule has 0 spiro atoms. The molecular formula is C14H28N2. The Balaban J connectivity index is 2.34. The Hall–Kier alpha value is -0.340. The molecule has 1 aliphatic rings. The van der Waals surface area contributed by atoms with Crippen molar-refractivity contribution in [2.75, 3.05) is 19.6 Å². The van der Waals surface area contributed by atoms with Crippen molar-refractivity contribution in [1.82, 2.24) is 10.2 Å². The van der Waals surface area contributed by atoms with Crippen LogP contribution < -0.4 is 5.32 Å². The summed E-state index contributed by atoms with van der Waals surface area (Å²) in [5, 5.41) is 3.57. The van der Waals surface area contributed by atoms with Crippen LogP contribution in [0.1, 0.15) is 46.5 Å². The highest BCUT2D eigenvalue weighted by molar-refractivity contribution is 4.90. The van der Waals surface area contributed by atoms with Crippen molar-refractivity contribution in [1.29, 1.82) is 0 Å². The van der Waals surface area contributed by atoms with Crippen molar-refractivity contribution in [2.45, 2.75) is 58.5 Å². The molecule has 1 aliphatic heterocycles. The highest BCUT2D eigenvalue weighted by atomic mass is 15.2. The average molecular weight is 224 g/mol. The maximum absolute atomic E-state index is 4.00. The number of likely N-dealkylation sites (tertiary alicyclic amines) is 1. The topological polar surface area (TPSA) is 15.3 Å². The van der Waals surface area contributed by atoms with Gasteiger partial charge in [-0.25, -0.2) is 0 Å². The quantitative estimate of drug-likeness (QED) is 0.698. The molecule has 1 saturated heterocycles. The lowest BCUT2D eigenvalue weighted by Gasteiger charge is -2.36. The zero-order chi connectivity index (χ0) is 12.0. The lowest BCUT2D eigenvalue weighted by atomic mass is 10.0. The first-order valence-corrected chi connectivity index (χ1v) is 6.71. The van der Waals surface area contributed by atoms with Crippen LogP contribution in [0, 0.1) is 0 Å². The maximum atomic E-state index is 4.00.